The number of aliphatic hydroxyl groups is 1. The van der Waals surface area contributed by atoms with E-state index in [0.717, 1.165) is 25.7 Å². The number of methoxy groups -OCH3 is 1. The molecule has 14 heavy (non-hydrogen) atoms. The second kappa shape index (κ2) is 4.29. The number of rotatable bonds is 4. The molecule has 80 valence electrons. The maximum absolute atomic E-state index is 10.3. The number of hydrogen-bond donors (Lipinski definition) is 1. The molecule has 1 unspecified atom stereocenters. The van der Waals surface area contributed by atoms with Gasteiger partial charge in [0.05, 0.1) is 17.1 Å². The molecule has 0 bridgehead atoms. The van der Waals surface area contributed by atoms with Gasteiger partial charge in [-0.15, -0.1) is 0 Å². The van der Waals surface area contributed by atoms with Crippen molar-refractivity contribution in [3.63, 3.8) is 0 Å². The van der Waals surface area contributed by atoms with Gasteiger partial charge in [0, 0.05) is 20.1 Å². The van der Waals surface area contributed by atoms with Crippen molar-refractivity contribution in [3.8, 4) is 6.07 Å². The zero-order chi connectivity index (χ0) is 10.7. The molecule has 0 amide bonds. The lowest BCUT2D eigenvalue weighted by Gasteiger charge is -2.37. The highest BCUT2D eigenvalue weighted by Gasteiger charge is 2.48. The number of hydrogen-bond acceptors (Lipinski definition) is 3. The fraction of sp³-hybridized carbons (Fsp3) is 0.909. The van der Waals surface area contributed by atoms with Crippen molar-refractivity contribution in [1.29, 1.82) is 5.26 Å². The predicted molar refractivity (Wildman–Crippen MR) is 53.6 cm³/mol. The van der Waals surface area contributed by atoms with Crippen LogP contribution in [0.4, 0.5) is 0 Å². The van der Waals surface area contributed by atoms with Gasteiger partial charge in [-0.05, 0) is 19.8 Å². The third-order valence-corrected chi connectivity index (χ3v) is 3.50. The van der Waals surface area contributed by atoms with Gasteiger partial charge >= 0.3 is 0 Å². The molecule has 3 heteroatoms. The molecular weight excluding hydrogens is 178 g/mol. The molecule has 0 spiro atoms. The molecule has 0 aromatic rings. The first-order chi connectivity index (χ1) is 6.58. The van der Waals surface area contributed by atoms with Crippen LogP contribution in [0.15, 0.2) is 0 Å². The Kier molecular flexibility index (Phi) is 3.52. The molecule has 3 nitrogen and oxygen atoms in total. The van der Waals surface area contributed by atoms with Crippen LogP contribution in [0, 0.1) is 16.7 Å². The second-order valence-corrected chi connectivity index (χ2v) is 4.42. The van der Waals surface area contributed by atoms with Crippen molar-refractivity contribution in [2.24, 2.45) is 5.41 Å². The molecule has 1 rings (SSSR count). The van der Waals surface area contributed by atoms with Crippen LogP contribution in [0.1, 0.15) is 39.0 Å². The van der Waals surface area contributed by atoms with Crippen LogP contribution in [0.2, 0.25) is 0 Å². The Hall–Kier alpha value is -0.590. The van der Waals surface area contributed by atoms with E-state index in [1.54, 1.807) is 14.0 Å². The summed E-state index contributed by atoms with van der Waals surface area (Å²) >= 11 is 0. The molecule has 0 aliphatic heterocycles. The van der Waals surface area contributed by atoms with Gasteiger partial charge in [0.2, 0.25) is 0 Å². The average Bonchev–Trinajstić information content (AvgIpc) is 2.64. The Morgan fingerprint density at radius 1 is 1.50 bits per heavy atom. The normalized spacial score (nSPS) is 24.1. The largest absolute Gasteiger partial charge is 0.388 e. The van der Waals surface area contributed by atoms with Crippen LogP contribution in [-0.4, -0.2) is 24.4 Å². The molecule has 1 atom stereocenters. The van der Waals surface area contributed by atoms with E-state index < -0.39 is 11.0 Å². The monoisotopic (exact) mass is 197 g/mol. The standard InChI is InChI=1S/C11H19NO2/c1-10(13,7-8-14-2)11(9-12)5-3-4-6-11/h13H,3-8H2,1-2H3. The van der Waals surface area contributed by atoms with E-state index in [2.05, 4.69) is 6.07 Å². The first kappa shape index (κ1) is 11.5. The molecule has 0 aromatic heterocycles. The van der Waals surface area contributed by atoms with Crippen LogP contribution in [0.5, 0.6) is 0 Å². The summed E-state index contributed by atoms with van der Waals surface area (Å²) in [6.45, 7) is 2.27. The predicted octanol–water partition coefficient (Wildman–Crippen LogP) is 1.86. The van der Waals surface area contributed by atoms with E-state index in [1.807, 2.05) is 0 Å². The van der Waals surface area contributed by atoms with E-state index >= 15 is 0 Å². The smallest absolute Gasteiger partial charge is 0.0858 e. The lowest BCUT2D eigenvalue weighted by molar-refractivity contribution is -0.0568. The van der Waals surface area contributed by atoms with Crippen molar-refractivity contribution < 1.29 is 9.84 Å². The van der Waals surface area contributed by atoms with E-state index in [-0.39, 0.29) is 0 Å². The van der Waals surface area contributed by atoms with Crippen LogP contribution in [0.3, 0.4) is 0 Å². The van der Waals surface area contributed by atoms with Gasteiger partial charge < -0.3 is 9.84 Å². The third kappa shape index (κ3) is 1.92. The van der Waals surface area contributed by atoms with Crippen molar-refractivity contribution in [2.45, 2.75) is 44.6 Å². The summed E-state index contributed by atoms with van der Waals surface area (Å²) in [7, 11) is 1.61. The van der Waals surface area contributed by atoms with E-state index in [9.17, 15) is 10.4 Å². The van der Waals surface area contributed by atoms with Gasteiger partial charge in [0.25, 0.3) is 0 Å². The molecule has 1 saturated carbocycles. The highest BCUT2D eigenvalue weighted by atomic mass is 16.5. The summed E-state index contributed by atoms with van der Waals surface area (Å²) in [6.07, 6.45) is 4.28. The van der Waals surface area contributed by atoms with Crippen LogP contribution >= 0.6 is 0 Å². The zero-order valence-electron chi connectivity index (χ0n) is 9.05. The molecule has 1 aliphatic carbocycles. The Balaban J connectivity index is 2.72. The summed E-state index contributed by atoms with van der Waals surface area (Å²) in [5.74, 6) is 0. The maximum atomic E-state index is 10.3. The summed E-state index contributed by atoms with van der Waals surface area (Å²) in [5.41, 5.74) is -1.44. The fourth-order valence-corrected chi connectivity index (χ4v) is 2.29. The van der Waals surface area contributed by atoms with Crippen molar-refractivity contribution >= 4 is 0 Å². The van der Waals surface area contributed by atoms with Gasteiger partial charge in [-0.25, -0.2) is 0 Å². The molecule has 0 aromatic carbocycles. The number of nitrogens with zero attached hydrogens (tertiary/aromatic N) is 1. The summed E-state index contributed by atoms with van der Waals surface area (Å²) < 4.78 is 4.96. The van der Waals surface area contributed by atoms with Gasteiger partial charge in [0.15, 0.2) is 0 Å². The van der Waals surface area contributed by atoms with Crippen molar-refractivity contribution in [2.75, 3.05) is 13.7 Å². The average molecular weight is 197 g/mol. The quantitative estimate of drug-likeness (QED) is 0.748. The lowest BCUT2D eigenvalue weighted by atomic mass is 9.71. The van der Waals surface area contributed by atoms with Crippen LogP contribution in [0.25, 0.3) is 0 Å². The van der Waals surface area contributed by atoms with Gasteiger partial charge in [0.1, 0.15) is 0 Å². The second-order valence-electron chi connectivity index (χ2n) is 4.42. The van der Waals surface area contributed by atoms with Gasteiger partial charge in [-0.2, -0.15) is 5.26 Å². The highest BCUT2D eigenvalue weighted by molar-refractivity contribution is 5.11. The Morgan fingerprint density at radius 2 is 2.07 bits per heavy atom. The van der Waals surface area contributed by atoms with Crippen LogP contribution < -0.4 is 0 Å². The van der Waals surface area contributed by atoms with Crippen LogP contribution in [-0.2, 0) is 4.74 Å². The van der Waals surface area contributed by atoms with Gasteiger partial charge in [-0.3, -0.25) is 0 Å². The van der Waals surface area contributed by atoms with E-state index in [1.165, 1.54) is 0 Å². The lowest BCUT2D eigenvalue weighted by Crippen LogP contribution is -2.44. The number of ether oxygens (including phenoxy) is 1. The van der Waals surface area contributed by atoms with E-state index in [0.29, 0.717) is 13.0 Å². The minimum atomic E-state index is -0.908. The molecule has 1 aliphatic rings. The maximum Gasteiger partial charge on any atom is 0.0858 e. The Bertz CT molecular complexity index is 224. The van der Waals surface area contributed by atoms with Gasteiger partial charge in [-0.1, -0.05) is 12.8 Å². The minimum Gasteiger partial charge on any atom is -0.388 e. The Morgan fingerprint density at radius 3 is 2.50 bits per heavy atom. The zero-order valence-corrected chi connectivity index (χ0v) is 9.05. The number of nitriles is 1. The molecule has 1 N–H and O–H groups in total. The first-order valence-electron chi connectivity index (χ1n) is 5.20. The summed E-state index contributed by atoms with van der Waals surface area (Å²) in [5, 5.41) is 19.5. The molecule has 1 fully saturated rings. The van der Waals surface area contributed by atoms with E-state index in [4.69, 9.17) is 4.74 Å². The molecular formula is C11H19NO2. The SMILES string of the molecule is COCCC(C)(O)C1(C#N)CCCC1. The third-order valence-electron chi connectivity index (χ3n) is 3.50. The van der Waals surface area contributed by atoms with Crippen molar-refractivity contribution in [1.82, 2.24) is 0 Å². The summed E-state index contributed by atoms with van der Waals surface area (Å²) in [6, 6.07) is 2.32. The molecule has 0 radical (unpaired) electrons. The van der Waals surface area contributed by atoms with Crippen molar-refractivity contribution in [3.05, 3.63) is 0 Å². The molecule has 0 heterocycles. The summed E-state index contributed by atoms with van der Waals surface area (Å²) in [4.78, 5) is 0. The Labute approximate surface area is 85.7 Å². The molecule has 0 saturated heterocycles. The highest BCUT2D eigenvalue weighted by Crippen LogP contribution is 2.47. The first-order valence-corrected chi connectivity index (χ1v) is 5.20. The topological polar surface area (TPSA) is 53.2 Å². The fourth-order valence-electron chi connectivity index (χ4n) is 2.29. The minimum absolute atomic E-state index is 0.510.